The number of piperidine rings is 1. The largest absolute Gasteiger partial charge is 0.369 e. The summed E-state index contributed by atoms with van der Waals surface area (Å²) in [5.74, 6) is 0.649. The van der Waals surface area contributed by atoms with Gasteiger partial charge in [-0.3, -0.25) is 4.98 Å². The lowest BCUT2D eigenvalue weighted by molar-refractivity contribution is 0.402. The van der Waals surface area contributed by atoms with Gasteiger partial charge in [0.25, 0.3) is 0 Å². The van der Waals surface area contributed by atoms with Crippen molar-refractivity contribution < 1.29 is 0 Å². The molecule has 1 fully saturated rings. The second-order valence-corrected chi connectivity index (χ2v) is 5.81. The standard InChI is InChI=1S/C16H21N3/c1-11-7-13(17)10-19(9-11)16-8-12(2)18-15-6-4-3-5-14(15)16/h3-6,8,11,13H,7,9-10,17H2,1-2H3. The van der Waals surface area contributed by atoms with E-state index in [1.165, 1.54) is 11.1 Å². The molecule has 0 amide bonds. The highest BCUT2D eigenvalue weighted by molar-refractivity contribution is 5.92. The first-order chi connectivity index (χ1) is 9.13. The molecule has 0 saturated carbocycles. The van der Waals surface area contributed by atoms with Gasteiger partial charge in [-0.2, -0.15) is 0 Å². The van der Waals surface area contributed by atoms with Crippen molar-refractivity contribution in [2.24, 2.45) is 11.7 Å². The molecule has 0 spiro atoms. The van der Waals surface area contributed by atoms with Crippen LogP contribution in [0.15, 0.2) is 30.3 Å². The van der Waals surface area contributed by atoms with Gasteiger partial charge in [-0.15, -0.1) is 0 Å². The van der Waals surface area contributed by atoms with Crippen molar-refractivity contribution in [3.05, 3.63) is 36.0 Å². The fourth-order valence-electron chi connectivity index (χ4n) is 3.14. The number of hydrogen-bond acceptors (Lipinski definition) is 3. The Balaban J connectivity index is 2.08. The van der Waals surface area contributed by atoms with Crippen LogP contribution in [-0.4, -0.2) is 24.1 Å². The number of anilines is 1. The van der Waals surface area contributed by atoms with E-state index in [-0.39, 0.29) is 6.04 Å². The molecule has 0 aliphatic carbocycles. The van der Waals surface area contributed by atoms with Gasteiger partial charge in [0, 0.05) is 35.9 Å². The molecule has 19 heavy (non-hydrogen) atoms. The van der Waals surface area contributed by atoms with E-state index in [2.05, 4.69) is 48.0 Å². The van der Waals surface area contributed by atoms with Gasteiger partial charge in [0.15, 0.2) is 0 Å². The van der Waals surface area contributed by atoms with Gasteiger partial charge in [-0.05, 0) is 31.4 Å². The number of nitrogens with two attached hydrogens (primary N) is 1. The maximum Gasteiger partial charge on any atom is 0.0726 e. The number of fused-ring (bicyclic) bond motifs is 1. The fraction of sp³-hybridized carbons (Fsp3) is 0.438. The summed E-state index contributed by atoms with van der Waals surface area (Å²) in [7, 11) is 0. The van der Waals surface area contributed by atoms with E-state index in [0.29, 0.717) is 5.92 Å². The molecule has 2 aromatic rings. The molecule has 1 saturated heterocycles. The van der Waals surface area contributed by atoms with Crippen LogP contribution in [0.5, 0.6) is 0 Å². The number of aryl methyl sites for hydroxylation is 1. The lowest BCUT2D eigenvalue weighted by Gasteiger charge is -2.37. The number of hydrogen-bond donors (Lipinski definition) is 1. The highest BCUT2D eigenvalue weighted by Crippen LogP contribution is 2.29. The zero-order chi connectivity index (χ0) is 13.4. The molecule has 2 unspecified atom stereocenters. The van der Waals surface area contributed by atoms with Crippen LogP contribution in [0.25, 0.3) is 10.9 Å². The van der Waals surface area contributed by atoms with E-state index < -0.39 is 0 Å². The average molecular weight is 255 g/mol. The summed E-state index contributed by atoms with van der Waals surface area (Å²) in [6, 6.07) is 10.8. The zero-order valence-electron chi connectivity index (χ0n) is 11.6. The molecule has 1 aromatic heterocycles. The van der Waals surface area contributed by atoms with Gasteiger partial charge in [0.05, 0.1) is 5.52 Å². The number of nitrogens with zero attached hydrogens (tertiary/aromatic N) is 2. The Morgan fingerprint density at radius 2 is 2.05 bits per heavy atom. The van der Waals surface area contributed by atoms with Crippen LogP contribution in [0, 0.1) is 12.8 Å². The first-order valence-electron chi connectivity index (χ1n) is 7.00. The average Bonchev–Trinajstić information content (AvgIpc) is 2.36. The second-order valence-electron chi connectivity index (χ2n) is 5.81. The van der Waals surface area contributed by atoms with Crippen LogP contribution in [0.1, 0.15) is 19.0 Å². The Kier molecular flexibility index (Phi) is 3.15. The molecule has 2 atom stereocenters. The number of rotatable bonds is 1. The Hall–Kier alpha value is -1.61. The minimum absolute atomic E-state index is 0.274. The highest BCUT2D eigenvalue weighted by Gasteiger charge is 2.23. The number of para-hydroxylation sites is 1. The number of aromatic nitrogens is 1. The molecule has 0 bridgehead atoms. The normalized spacial score (nSPS) is 23.8. The van der Waals surface area contributed by atoms with Crippen molar-refractivity contribution in [1.82, 2.24) is 4.98 Å². The molecule has 3 heteroatoms. The molecule has 2 heterocycles. The highest BCUT2D eigenvalue weighted by atomic mass is 15.2. The molecule has 1 aliphatic rings. The summed E-state index contributed by atoms with van der Waals surface area (Å²) in [5, 5.41) is 1.23. The van der Waals surface area contributed by atoms with Crippen LogP contribution >= 0.6 is 0 Å². The fourth-order valence-corrected chi connectivity index (χ4v) is 3.14. The van der Waals surface area contributed by atoms with Crippen molar-refractivity contribution in [3.8, 4) is 0 Å². The maximum absolute atomic E-state index is 6.18. The molecule has 3 rings (SSSR count). The zero-order valence-corrected chi connectivity index (χ0v) is 11.6. The number of benzene rings is 1. The van der Waals surface area contributed by atoms with E-state index in [1.54, 1.807) is 0 Å². The van der Waals surface area contributed by atoms with Crippen molar-refractivity contribution in [1.29, 1.82) is 0 Å². The predicted molar refractivity (Wildman–Crippen MR) is 80.4 cm³/mol. The quantitative estimate of drug-likeness (QED) is 0.852. The molecule has 1 aromatic carbocycles. The van der Waals surface area contributed by atoms with Crippen molar-refractivity contribution in [2.45, 2.75) is 26.3 Å². The van der Waals surface area contributed by atoms with Crippen LogP contribution in [0.4, 0.5) is 5.69 Å². The van der Waals surface area contributed by atoms with Crippen LogP contribution in [0.3, 0.4) is 0 Å². The molecule has 1 aliphatic heterocycles. The molecular weight excluding hydrogens is 234 g/mol. The molecule has 3 nitrogen and oxygen atoms in total. The van der Waals surface area contributed by atoms with Crippen LogP contribution in [-0.2, 0) is 0 Å². The van der Waals surface area contributed by atoms with Crippen molar-refractivity contribution in [2.75, 3.05) is 18.0 Å². The third-order valence-electron chi connectivity index (χ3n) is 3.86. The third kappa shape index (κ3) is 2.43. The van der Waals surface area contributed by atoms with Gasteiger partial charge in [0.1, 0.15) is 0 Å². The summed E-state index contributed by atoms with van der Waals surface area (Å²) >= 11 is 0. The van der Waals surface area contributed by atoms with Gasteiger partial charge < -0.3 is 10.6 Å². The maximum atomic E-state index is 6.18. The predicted octanol–water partition coefficient (Wildman–Crippen LogP) is 2.72. The van der Waals surface area contributed by atoms with Crippen molar-refractivity contribution >= 4 is 16.6 Å². The summed E-state index contributed by atoms with van der Waals surface area (Å²) in [6.07, 6.45) is 1.12. The molecule has 0 radical (unpaired) electrons. The minimum Gasteiger partial charge on any atom is -0.369 e. The number of pyridine rings is 1. The van der Waals surface area contributed by atoms with E-state index in [4.69, 9.17) is 5.73 Å². The molecular formula is C16H21N3. The SMILES string of the molecule is Cc1cc(N2CC(C)CC(N)C2)c2ccccc2n1. The van der Waals surface area contributed by atoms with E-state index in [0.717, 1.165) is 30.7 Å². The first-order valence-corrected chi connectivity index (χ1v) is 7.00. The van der Waals surface area contributed by atoms with Gasteiger partial charge in [0.2, 0.25) is 0 Å². The van der Waals surface area contributed by atoms with Gasteiger partial charge in [-0.25, -0.2) is 0 Å². The van der Waals surface area contributed by atoms with Gasteiger partial charge in [-0.1, -0.05) is 25.1 Å². The monoisotopic (exact) mass is 255 g/mol. The molecule has 100 valence electrons. The Morgan fingerprint density at radius 3 is 2.84 bits per heavy atom. The second kappa shape index (κ2) is 4.82. The minimum atomic E-state index is 0.274. The summed E-state index contributed by atoms with van der Waals surface area (Å²) < 4.78 is 0. The Bertz CT molecular complexity index is 584. The van der Waals surface area contributed by atoms with Crippen LogP contribution in [0.2, 0.25) is 0 Å². The topological polar surface area (TPSA) is 42.1 Å². The molecule has 2 N–H and O–H groups in total. The first kappa shape index (κ1) is 12.4. The summed E-state index contributed by atoms with van der Waals surface area (Å²) in [6.45, 7) is 6.37. The Morgan fingerprint density at radius 1 is 1.26 bits per heavy atom. The lowest BCUT2D eigenvalue weighted by atomic mass is 9.95. The lowest BCUT2D eigenvalue weighted by Crippen LogP contribution is -2.46. The van der Waals surface area contributed by atoms with Crippen LogP contribution < -0.4 is 10.6 Å². The summed E-state index contributed by atoms with van der Waals surface area (Å²) in [5.41, 5.74) is 9.60. The van der Waals surface area contributed by atoms with Gasteiger partial charge >= 0.3 is 0 Å². The Labute approximate surface area is 114 Å². The van der Waals surface area contributed by atoms with Crippen molar-refractivity contribution in [3.63, 3.8) is 0 Å². The van der Waals surface area contributed by atoms with E-state index >= 15 is 0 Å². The summed E-state index contributed by atoms with van der Waals surface area (Å²) in [4.78, 5) is 7.04. The van der Waals surface area contributed by atoms with E-state index in [9.17, 15) is 0 Å². The third-order valence-corrected chi connectivity index (χ3v) is 3.86. The van der Waals surface area contributed by atoms with E-state index in [1.807, 2.05) is 6.07 Å². The smallest absolute Gasteiger partial charge is 0.0726 e.